The number of rotatable bonds is 6. The quantitative estimate of drug-likeness (QED) is 0.675. The third kappa shape index (κ3) is 4.97. The smallest absolute Gasteiger partial charge is 0.0449 e. The Kier molecular flexibility index (Phi) is 7.04. The van der Waals surface area contributed by atoms with E-state index in [0.717, 1.165) is 40.2 Å². The molecule has 21 heavy (non-hydrogen) atoms. The first kappa shape index (κ1) is 17.3. The van der Waals surface area contributed by atoms with Crippen molar-refractivity contribution in [2.75, 3.05) is 13.6 Å². The first-order valence-corrected chi connectivity index (χ1v) is 9.39. The average molecular weight is 373 g/mol. The van der Waals surface area contributed by atoms with E-state index in [-0.39, 0.29) is 0 Å². The molecule has 1 aromatic rings. The van der Waals surface area contributed by atoms with Gasteiger partial charge in [0, 0.05) is 9.50 Å². The summed E-state index contributed by atoms with van der Waals surface area (Å²) in [7, 11) is 2.07. The van der Waals surface area contributed by atoms with Gasteiger partial charge < -0.3 is 5.32 Å². The molecule has 1 aliphatic rings. The fourth-order valence-electron chi connectivity index (χ4n) is 3.84. The Hall–Kier alpha value is -0.0500. The highest BCUT2D eigenvalue weighted by atomic mass is 79.9. The molecule has 1 fully saturated rings. The number of nitrogens with one attached hydrogen (secondary N) is 1. The molecule has 1 aromatic carbocycles. The zero-order valence-corrected chi connectivity index (χ0v) is 15.5. The maximum atomic E-state index is 6.43. The molecular formula is C18H27BrClN. The molecule has 1 saturated carbocycles. The summed E-state index contributed by atoms with van der Waals surface area (Å²) in [5.41, 5.74) is 1.31. The molecule has 1 nitrogen and oxygen atoms in total. The minimum absolute atomic E-state index is 0.765. The average Bonchev–Trinajstić information content (AvgIpc) is 2.45. The molecule has 0 heterocycles. The van der Waals surface area contributed by atoms with Gasteiger partial charge in [-0.2, -0.15) is 0 Å². The van der Waals surface area contributed by atoms with Crippen LogP contribution in [0.2, 0.25) is 5.02 Å². The summed E-state index contributed by atoms with van der Waals surface area (Å²) in [5.74, 6) is 2.48. The summed E-state index contributed by atoms with van der Waals surface area (Å²) in [6.07, 6.45) is 7.96. The van der Waals surface area contributed by atoms with Gasteiger partial charge in [-0.15, -0.1) is 0 Å². The number of hydrogen-bond donors (Lipinski definition) is 1. The fourth-order valence-corrected chi connectivity index (χ4v) is 4.60. The monoisotopic (exact) mass is 371 g/mol. The van der Waals surface area contributed by atoms with Gasteiger partial charge in [0.1, 0.15) is 0 Å². The number of halogens is 2. The van der Waals surface area contributed by atoms with E-state index in [9.17, 15) is 0 Å². The second-order valence-electron chi connectivity index (χ2n) is 6.49. The normalized spacial score (nSPS) is 26.0. The SMILES string of the molecule is CCCC1CCC(CNC)C(Cc2ccc(Br)cc2Cl)C1. The third-order valence-corrected chi connectivity index (χ3v) is 5.75. The molecule has 118 valence electrons. The van der Waals surface area contributed by atoms with Gasteiger partial charge in [-0.1, -0.05) is 59.8 Å². The van der Waals surface area contributed by atoms with Crippen molar-refractivity contribution in [1.29, 1.82) is 0 Å². The van der Waals surface area contributed by atoms with Crippen LogP contribution in [0.25, 0.3) is 0 Å². The molecule has 2 rings (SSSR count). The maximum Gasteiger partial charge on any atom is 0.0449 e. The van der Waals surface area contributed by atoms with E-state index in [0.29, 0.717) is 0 Å². The van der Waals surface area contributed by atoms with Crippen LogP contribution in [0.1, 0.15) is 44.6 Å². The Balaban J connectivity index is 2.07. The third-order valence-electron chi connectivity index (χ3n) is 4.91. The molecule has 0 aliphatic heterocycles. The van der Waals surface area contributed by atoms with Crippen LogP contribution in [-0.2, 0) is 6.42 Å². The lowest BCUT2D eigenvalue weighted by Crippen LogP contribution is -2.33. The molecule has 1 aliphatic carbocycles. The first-order chi connectivity index (χ1) is 10.1. The summed E-state index contributed by atoms with van der Waals surface area (Å²) in [4.78, 5) is 0. The largest absolute Gasteiger partial charge is 0.319 e. The zero-order valence-electron chi connectivity index (χ0n) is 13.2. The summed E-state index contributed by atoms with van der Waals surface area (Å²) in [6.45, 7) is 3.44. The minimum Gasteiger partial charge on any atom is -0.319 e. The van der Waals surface area contributed by atoms with E-state index in [1.165, 1.54) is 37.7 Å². The first-order valence-electron chi connectivity index (χ1n) is 8.22. The maximum absolute atomic E-state index is 6.43. The highest BCUT2D eigenvalue weighted by molar-refractivity contribution is 9.10. The van der Waals surface area contributed by atoms with Gasteiger partial charge in [-0.05, 0) is 68.3 Å². The van der Waals surface area contributed by atoms with Gasteiger partial charge in [0.2, 0.25) is 0 Å². The summed E-state index contributed by atoms with van der Waals surface area (Å²) in [5, 5.41) is 4.29. The predicted octanol–water partition coefficient (Wildman–Crippen LogP) is 5.70. The van der Waals surface area contributed by atoms with Crippen LogP contribution < -0.4 is 5.32 Å². The van der Waals surface area contributed by atoms with Crippen LogP contribution in [-0.4, -0.2) is 13.6 Å². The Morgan fingerprint density at radius 1 is 1.29 bits per heavy atom. The minimum atomic E-state index is 0.765. The highest BCUT2D eigenvalue weighted by Crippen LogP contribution is 2.38. The molecule has 3 atom stereocenters. The van der Waals surface area contributed by atoms with Gasteiger partial charge in [0.15, 0.2) is 0 Å². The van der Waals surface area contributed by atoms with Gasteiger partial charge in [0.25, 0.3) is 0 Å². The van der Waals surface area contributed by atoms with Gasteiger partial charge in [0.05, 0.1) is 0 Å². The van der Waals surface area contributed by atoms with Crippen LogP contribution >= 0.6 is 27.5 Å². The Morgan fingerprint density at radius 2 is 2.10 bits per heavy atom. The van der Waals surface area contributed by atoms with Crippen LogP contribution in [0.15, 0.2) is 22.7 Å². The lowest BCUT2D eigenvalue weighted by Gasteiger charge is -2.36. The lowest BCUT2D eigenvalue weighted by molar-refractivity contribution is 0.169. The van der Waals surface area contributed by atoms with Crippen LogP contribution in [0.4, 0.5) is 0 Å². The molecule has 3 unspecified atom stereocenters. The molecule has 0 aromatic heterocycles. The lowest BCUT2D eigenvalue weighted by atomic mass is 9.70. The molecule has 1 N–H and O–H groups in total. The molecule has 0 amide bonds. The van der Waals surface area contributed by atoms with Crippen molar-refractivity contribution in [1.82, 2.24) is 5.32 Å². The van der Waals surface area contributed by atoms with Crippen LogP contribution in [0.5, 0.6) is 0 Å². The summed E-state index contributed by atoms with van der Waals surface area (Å²) < 4.78 is 1.07. The van der Waals surface area contributed by atoms with E-state index >= 15 is 0 Å². The molecule has 0 saturated heterocycles. The summed E-state index contributed by atoms with van der Waals surface area (Å²) in [6, 6.07) is 6.32. The van der Waals surface area contributed by atoms with Crippen molar-refractivity contribution in [2.45, 2.75) is 45.4 Å². The second-order valence-corrected chi connectivity index (χ2v) is 7.81. The highest BCUT2D eigenvalue weighted by Gasteiger charge is 2.30. The Labute approximate surface area is 143 Å². The number of hydrogen-bond acceptors (Lipinski definition) is 1. The van der Waals surface area contributed by atoms with Crippen LogP contribution in [0.3, 0.4) is 0 Å². The van der Waals surface area contributed by atoms with Crippen LogP contribution in [0, 0.1) is 17.8 Å². The van der Waals surface area contributed by atoms with Crippen molar-refractivity contribution in [3.63, 3.8) is 0 Å². The summed E-state index contributed by atoms with van der Waals surface area (Å²) >= 11 is 9.92. The zero-order chi connectivity index (χ0) is 15.2. The van der Waals surface area contributed by atoms with Gasteiger partial charge >= 0.3 is 0 Å². The van der Waals surface area contributed by atoms with E-state index < -0.39 is 0 Å². The molecule has 0 bridgehead atoms. The van der Waals surface area contributed by atoms with Crippen molar-refractivity contribution in [3.8, 4) is 0 Å². The van der Waals surface area contributed by atoms with Crippen molar-refractivity contribution >= 4 is 27.5 Å². The van der Waals surface area contributed by atoms with Crippen molar-refractivity contribution in [3.05, 3.63) is 33.3 Å². The van der Waals surface area contributed by atoms with Crippen molar-refractivity contribution in [2.24, 2.45) is 17.8 Å². The predicted molar refractivity (Wildman–Crippen MR) is 96.0 cm³/mol. The van der Waals surface area contributed by atoms with E-state index in [1.807, 2.05) is 6.07 Å². The van der Waals surface area contributed by atoms with Gasteiger partial charge in [-0.3, -0.25) is 0 Å². The molecule has 0 radical (unpaired) electrons. The molecular weight excluding hydrogens is 346 g/mol. The van der Waals surface area contributed by atoms with E-state index in [1.54, 1.807) is 0 Å². The second kappa shape index (κ2) is 8.55. The molecule has 3 heteroatoms. The Morgan fingerprint density at radius 3 is 2.76 bits per heavy atom. The van der Waals surface area contributed by atoms with Crippen molar-refractivity contribution < 1.29 is 0 Å². The Bertz CT molecular complexity index is 449. The number of benzene rings is 1. The fraction of sp³-hybridized carbons (Fsp3) is 0.667. The standard InChI is InChI=1S/C18H27BrClN/c1-3-4-13-5-6-15(12-21-2)16(9-13)10-14-7-8-17(19)11-18(14)20/h7-8,11,13,15-16,21H,3-6,9-10,12H2,1-2H3. The van der Waals surface area contributed by atoms with E-state index in [4.69, 9.17) is 11.6 Å². The van der Waals surface area contributed by atoms with Gasteiger partial charge in [-0.25, -0.2) is 0 Å². The molecule has 0 spiro atoms. The van der Waals surface area contributed by atoms with E-state index in [2.05, 4.69) is 47.4 Å². The topological polar surface area (TPSA) is 12.0 Å².